The summed E-state index contributed by atoms with van der Waals surface area (Å²) in [7, 11) is 0. The summed E-state index contributed by atoms with van der Waals surface area (Å²) in [6.07, 6.45) is 5.21. The van der Waals surface area contributed by atoms with Crippen molar-refractivity contribution in [3.05, 3.63) is 42.9 Å². The van der Waals surface area contributed by atoms with Crippen molar-refractivity contribution in [1.29, 1.82) is 0 Å². The Morgan fingerprint density at radius 3 is 2.82 bits per heavy atom. The van der Waals surface area contributed by atoms with E-state index in [0.717, 1.165) is 24.0 Å². The van der Waals surface area contributed by atoms with Gasteiger partial charge in [0.15, 0.2) is 0 Å². The maximum atomic E-state index is 11.5. The number of ether oxygens (including phenoxy) is 1. The summed E-state index contributed by atoms with van der Waals surface area (Å²) in [5.74, 6) is 0.600. The Labute approximate surface area is 99.0 Å². The molecule has 3 rings (SSSR count). The van der Waals surface area contributed by atoms with E-state index in [4.69, 9.17) is 9.15 Å². The Kier molecular flexibility index (Phi) is 2.44. The normalized spacial score (nSPS) is 14.6. The second-order valence-electron chi connectivity index (χ2n) is 4.24. The van der Waals surface area contributed by atoms with Crippen molar-refractivity contribution in [2.24, 2.45) is 5.92 Å². The van der Waals surface area contributed by atoms with Crippen LogP contribution in [0.25, 0.3) is 11.1 Å². The van der Waals surface area contributed by atoms with Crippen LogP contribution in [0.1, 0.15) is 12.8 Å². The molecular formula is C14H12O3. The van der Waals surface area contributed by atoms with Crippen molar-refractivity contribution in [2.45, 2.75) is 12.8 Å². The third-order valence-corrected chi connectivity index (χ3v) is 2.82. The monoisotopic (exact) mass is 228 g/mol. The molecule has 2 aromatic rings. The minimum atomic E-state index is -0.116. The molecule has 0 spiro atoms. The van der Waals surface area contributed by atoms with Gasteiger partial charge in [-0.3, -0.25) is 4.79 Å². The standard InChI is InChI=1S/C14H12O3/c15-14(10-4-5-10)17-13-3-1-2-11(8-13)12-6-7-16-9-12/h1-3,6-10H,4-5H2. The van der Waals surface area contributed by atoms with Crippen LogP contribution < -0.4 is 4.74 Å². The Hall–Kier alpha value is -2.03. The first-order valence-corrected chi connectivity index (χ1v) is 5.67. The smallest absolute Gasteiger partial charge is 0.314 e. The first-order valence-electron chi connectivity index (χ1n) is 5.67. The summed E-state index contributed by atoms with van der Waals surface area (Å²) in [4.78, 5) is 11.5. The molecule has 1 aliphatic rings. The largest absolute Gasteiger partial charge is 0.472 e. The van der Waals surface area contributed by atoms with E-state index in [9.17, 15) is 4.79 Å². The molecule has 0 amide bonds. The molecule has 3 heteroatoms. The molecule has 0 unspecified atom stereocenters. The summed E-state index contributed by atoms with van der Waals surface area (Å²) in [5.41, 5.74) is 1.97. The van der Waals surface area contributed by atoms with Crippen LogP contribution in [0.5, 0.6) is 5.75 Å². The first-order chi connectivity index (χ1) is 8.33. The fourth-order valence-corrected chi connectivity index (χ4v) is 1.69. The van der Waals surface area contributed by atoms with Gasteiger partial charge in [0, 0.05) is 5.56 Å². The van der Waals surface area contributed by atoms with Gasteiger partial charge in [-0.15, -0.1) is 0 Å². The molecule has 0 aliphatic heterocycles. The maximum Gasteiger partial charge on any atom is 0.314 e. The highest BCUT2D eigenvalue weighted by Gasteiger charge is 2.31. The van der Waals surface area contributed by atoms with E-state index in [1.54, 1.807) is 18.6 Å². The summed E-state index contributed by atoms with van der Waals surface area (Å²) < 4.78 is 10.3. The van der Waals surface area contributed by atoms with Crippen molar-refractivity contribution in [3.8, 4) is 16.9 Å². The van der Waals surface area contributed by atoms with Crippen molar-refractivity contribution in [3.63, 3.8) is 0 Å². The van der Waals surface area contributed by atoms with Crippen LogP contribution in [0.4, 0.5) is 0 Å². The molecule has 1 heterocycles. The predicted molar refractivity (Wildman–Crippen MR) is 62.5 cm³/mol. The Morgan fingerprint density at radius 2 is 2.12 bits per heavy atom. The van der Waals surface area contributed by atoms with Crippen LogP contribution >= 0.6 is 0 Å². The average Bonchev–Trinajstić information content (AvgIpc) is 3.05. The van der Waals surface area contributed by atoms with Gasteiger partial charge in [-0.25, -0.2) is 0 Å². The maximum absolute atomic E-state index is 11.5. The Balaban J connectivity index is 1.81. The van der Waals surface area contributed by atoms with Crippen molar-refractivity contribution in [1.82, 2.24) is 0 Å². The van der Waals surface area contributed by atoms with Gasteiger partial charge in [-0.2, -0.15) is 0 Å². The third kappa shape index (κ3) is 2.23. The second kappa shape index (κ2) is 4.09. The molecule has 0 N–H and O–H groups in total. The van der Waals surface area contributed by atoms with E-state index in [1.807, 2.05) is 24.3 Å². The van der Waals surface area contributed by atoms with Gasteiger partial charge < -0.3 is 9.15 Å². The summed E-state index contributed by atoms with van der Waals surface area (Å²) in [5, 5.41) is 0. The number of benzene rings is 1. The van der Waals surface area contributed by atoms with Crippen LogP contribution in [-0.2, 0) is 4.79 Å². The lowest BCUT2D eigenvalue weighted by Gasteiger charge is -2.04. The molecule has 0 saturated heterocycles. The van der Waals surface area contributed by atoms with Crippen molar-refractivity contribution in [2.75, 3.05) is 0 Å². The second-order valence-corrected chi connectivity index (χ2v) is 4.24. The van der Waals surface area contributed by atoms with Crippen LogP contribution in [0.15, 0.2) is 47.3 Å². The van der Waals surface area contributed by atoms with E-state index in [0.29, 0.717) is 5.75 Å². The van der Waals surface area contributed by atoms with Gasteiger partial charge in [0.25, 0.3) is 0 Å². The minimum absolute atomic E-state index is 0.116. The third-order valence-electron chi connectivity index (χ3n) is 2.82. The number of esters is 1. The van der Waals surface area contributed by atoms with E-state index in [2.05, 4.69) is 0 Å². The number of rotatable bonds is 3. The zero-order valence-electron chi connectivity index (χ0n) is 9.26. The van der Waals surface area contributed by atoms with Crippen LogP contribution in [0.2, 0.25) is 0 Å². The molecule has 0 bridgehead atoms. The molecule has 1 saturated carbocycles. The Bertz CT molecular complexity index is 524. The summed E-state index contributed by atoms with van der Waals surface area (Å²) in [6.45, 7) is 0. The number of carbonyl (C=O) groups is 1. The van der Waals surface area contributed by atoms with Crippen LogP contribution in [0, 0.1) is 5.92 Å². The van der Waals surface area contributed by atoms with Crippen LogP contribution in [-0.4, -0.2) is 5.97 Å². The molecule has 86 valence electrons. The summed E-state index contributed by atoms with van der Waals surface area (Å²) in [6, 6.07) is 9.36. The number of hydrogen-bond acceptors (Lipinski definition) is 3. The van der Waals surface area contributed by atoms with Gasteiger partial charge in [-0.1, -0.05) is 12.1 Å². The fourth-order valence-electron chi connectivity index (χ4n) is 1.69. The Morgan fingerprint density at radius 1 is 1.24 bits per heavy atom. The average molecular weight is 228 g/mol. The quantitative estimate of drug-likeness (QED) is 0.598. The fraction of sp³-hybridized carbons (Fsp3) is 0.214. The van der Waals surface area contributed by atoms with Crippen LogP contribution in [0.3, 0.4) is 0 Å². The molecule has 0 radical (unpaired) electrons. The highest BCUT2D eigenvalue weighted by Crippen LogP contribution is 2.31. The highest BCUT2D eigenvalue weighted by atomic mass is 16.5. The molecule has 1 fully saturated rings. The lowest BCUT2D eigenvalue weighted by Crippen LogP contribution is -2.09. The molecule has 1 aromatic heterocycles. The minimum Gasteiger partial charge on any atom is -0.472 e. The van der Waals surface area contributed by atoms with Crippen molar-refractivity contribution < 1.29 is 13.9 Å². The van der Waals surface area contributed by atoms with Gasteiger partial charge >= 0.3 is 5.97 Å². The van der Waals surface area contributed by atoms with Gasteiger partial charge in [0.05, 0.1) is 18.4 Å². The van der Waals surface area contributed by atoms with Crippen molar-refractivity contribution >= 4 is 5.97 Å². The number of hydrogen-bond donors (Lipinski definition) is 0. The summed E-state index contributed by atoms with van der Waals surface area (Å²) >= 11 is 0. The predicted octanol–water partition coefficient (Wildman–Crippen LogP) is 3.26. The molecule has 1 aromatic carbocycles. The highest BCUT2D eigenvalue weighted by molar-refractivity contribution is 5.78. The van der Waals surface area contributed by atoms with E-state index < -0.39 is 0 Å². The SMILES string of the molecule is O=C(Oc1cccc(-c2ccoc2)c1)C1CC1. The first kappa shape index (κ1) is 10.1. The topological polar surface area (TPSA) is 39.4 Å². The number of furan rings is 1. The van der Waals surface area contributed by atoms with E-state index in [1.165, 1.54) is 0 Å². The zero-order chi connectivity index (χ0) is 11.7. The van der Waals surface area contributed by atoms with E-state index in [-0.39, 0.29) is 11.9 Å². The van der Waals surface area contributed by atoms with Gasteiger partial charge in [-0.05, 0) is 36.6 Å². The molecule has 17 heavy (non-hydrogen) atoms. The zero-order valence-corrected chi connectivity index (χ0v) is 9.26. The van der Waals surface area contributed by atoms with E-state index >= 15 is 0 Å². The molecule has 0 atom stereocenters. The molecule has 3 nitrogen and oxygen atoms in total. The molecule has 1 aliphatic carbocycles. The number of carbonyl (C=O) groups excluding carboxylic acids is 1. The van der Waals surface area contributed by atoms with Gasteiger partial charge in [0.2, 0.25) is 0 Å². The van der Waals surface area contributed by atoms with Gasteiger partial charge in [0.1, 0.15) is 5.75 Å². The lowest BCUT2D eigenvalue weighted by molar-refractivity contribution is -0.135. The lowest BCUT2D eigenvalue weighted by atomic mass is 10.1. The molecular weight excluding hydrogens is 216 g/mol.